The number of nitrogens with one attached hydrogen (secondary N) is 1. The van der Waals surface area contributed by atoms with Crippen molar-refractivity contribution in [2.45, 2.75) is 32.8 Å². The fourth-order valence-electron chi connectivity index (χ4n) is 2.34. The van der Waals surface area contributed by atoms with E-state index in [1.807, 2.05) is 42.9 Å². The molecule has 0 aliphatic rings. The van der Waals surface area contributed by atoms with E-state index in [0.717, 1.165) is 6.42 Å². The van der Waals surface area contributed by atoms with Gasteiger partial charge in [-0.15, -0.1) is 0 Å². The molecule has 0 aromatic carbocycles. The van der Waals surface area contributed by atoms with Gasteiger partial charge in [-0.05, 0) is 25.0 Å². The lowest BCUT2D eigenvalue weighted by molar-refractivity contribution is 0.00592. The minimum atomic E-state index is -0.930. The van der Waals surface area contributed by atoms with Gasteiger partial charge in [-0.25, -0.2) is 0 Å². The topological polar surface area (TPSA) is 72.1 Å². The lowest BCUT2D eigenvalue weighted by atomic mass is 9.88. The van der Waals surface area contributed by atoms with Gasteiger partial charge in [-0.3, -0.25) is 9.48 Å². The van der Waals surface area contributed by atoms with Crippen LogP contribution in [0.2, 0.25) is 0 Å². The Kier molecular flexibility index (Phi) is 4.71. The van der Waals surface area contributed by atoms with Crippen molar-refractivity contribution in [3.8, 4) is 5.82 Å². The summed E-state index contributed by atoms with van der Waals surface area (Å²) in [6.07, 6.45) is 6.12. The third kappa shape index (κ3) is 3.22. The van der Waals surface area contributed by atoms with Gasteiger partial charge in [0.1, 0.15) is 11.4 Å². The third-order valence-corrected chi connectivity index (χ3v) is 4.28. The fourth-order valence-corrected chi connectivity index (χ4v) is 2.34. The lowest BCUT2D eigenvalue weighted by Crippen LogP contribution is -2.45. The highest BCUT2D eigenvalue weighted by Crippen LogP contribution is 2.19. The summed E-state index contributed by atoms with van der Waals surface area (Å²) in [6.45, 7) is 5.95. The molecule has 2 aromatic rings. The molecule has 0 saturated heterocycles. The Labute approximate surface area is 130 Å². The molecule has 2 unspecified atom stereocenters. The number of nitrogens with zero attached hydrogens (tertiary/aromatic N) is 3. The Morgan fingerprint density at radius 2 is 2.09 bits per heavy atom. The molecule has 0 aliphatic heterocycles. The van der Waals surface area contributed by atoms with E-state index in [0.29, 0.717) is 11.4 Å². The van der Waals surface area contributed by atoms with E-state index in [2.05, 4.69) is 10.4 Å². The Morgan fingerprint density at radius 1 is 1.45 bits per heavy atom. The zero-order valence-electron chi connectivity index (χ0n) is 13.6. The molecule has 2 aromatic heterocycles. The van der Waals surface area contributed by atoms with Crippen molar-refractivity contribution < 1.29 is 9.90 Å². The Bertz CT molecular complexity index is 629. The predicted molar refractivity (Wildman–Crippen MR) is 84.9 cm³/mol. The van der Waals surface area contributed by atoms with Gasteiger partial charge in [-0.1, -0.05) is 20.3 Å². The van der Waals surface area contributed by atoms with E-state index in [-0.39, 0.29) is 18.4 Å². The number of amides is 1. The summed E-state index contributed by atoms with van der Waals surface area (Å²) in [7, 11) is 1.79. The first-order valence-corrected chi connectivity index (χ1v) is 7.52. The molecular weight excluding hydrogens is 280 g/mol. The average Bonchev–Trinajstić information content (AvgIpc) is 3.12. The maximum absolute atomic E-state index is 12.4. The van der Waals surface area contributed by atoms with Crippen LogP contribution in [0, 0.1) is 5.92 Å². The van der Waals surface area contributed by atoms with E-state index in [4.69, 9.17) is 0 Å². The normalized spacial score (nSPS) is 15.3. The van der Waals surface area contributed by atoms with Gasteiger partial charge in [0.15, 0.2) is 0 Å². The second-order valence-corrected chi connectivity index (χ2v) is 5.94. The van der Waals surface area contributed by atoms with Crippen LogP contribution in [-0.4, -0.2) is 37.5 Å². The summed E-state index contributed by atoms with van der Waals surface area (Å²) < 4.78 is 3.50. The van der Waals surface area contributed by atoms with Crippen LogP contribution in [0.1, 0.15) is 37.6 Å². The van der Waals surface area contributed by atoms with Crippen LogP contribution in [0.5, 0.6) is 0 Å². The summed E-state index contributed by atoms with van der Waals surface area (Å²) in [5, 5.41) is 17.4. The van der Waals surface area contributed by atoms with Gasteiger partial charge < -0.3 is 15.0 Å². The van der Waals surface area contributed by atoms with E-state index in [9.17, 15) is 9.90 Å². The van der Waals surface area contributed by atoms with Crippen molar-refractivity contribution in [2.24, 2.45) is 13.0 Å². The molecule has 0 bridgehead atoms. The highest BCUT2D eigenvalue weighted by Gasteiger charge is 2.28. The van der Waals surface area contributed by atoms with E-state index < -0.39 is 5.60 Å². The maximum atomic E-state index is 12.4. The molecule has 2 N–H and O–H groups in total. The first-order valence-electron chi connectivity index (χ1n) is 7.52. The highest BCUT2D eigenvalue weighted by atomic mass is 16.3. The molecule has 0 aliphatic carbocycles. The fraction of sp³-hybridized carbons (Fsp3) is 0.500. The molecule has 2 heterocycles. The summed E-state index contributed by atoms with van der Waals surface area (Å²) in [4.78, 5) is 12.4. The summed E-state index contributed by atoms with van der Waals surface area (Å²) in [5.41, 5.74) is -0.445. The number of hydrogen-bond donors (Lipinski definition) is 2. The maximum Gasteiger partial charge on any atom is 0.256 e. The Morgan fingerprint density at radius 3 is 2.68 bits per heavy atom. The van der Waals surface area contributed by atoms with E-state index >= 15 is 0 Å². The van der Waals surface area contributed by atoms with Gasteiger partial charge in [0.05, 0.1) is 11.8 Å². The van der Waals surface area contributed by atoms with Gasteiger partial charge >= 0.3 is 0 Å². The number of aryl methyl sites for hydroxylation is 1. The van der Waals surface area contributed by atoms with Crippen LogP contribution in [0.4, 0.5) is 0 Å². The van der Waals surface area contributed by atoms with E-state index in [1.54, 1.807) is 24.9 Å². The number of rotatable bonds is 6. The third-order valence-electron chi connectivity index (χ3n) is 4.28. The molecule has 2 rings (SSSR count). The monoisotopic (exact) mass is 304 g/mol. The molecular formula is C16H24N4O2. The second-order valence-electron chi connectivity index (χ2n) is 5.94. The Balaban J connectivity index is 2.15. The number of hydrogen-bond acceptors (Lipinski definition) is 3. The molecule has 0 saturated carbocycles. The van der Waals surface area contributed by atoms with Gasteiger partial charge in [-0.2, -0.15) is 5.10 Å². The molecule has 1 amide bonds. The summed E-state index contributed by atoms with van der Waals surface area (Å²) in [6, 6.07) is 3.78. The van der Waals surface area contributed by atoms with Crippen LogP contribution in [0.15, 0.2) is 30.7 Å². The van der Waals surface area contributed by atoms with Crippen LogP contribution < -0.4 is 5.32 Å². The van der Waals surface area contributed by atoms with Crippen molar-refractivity contribution in [1.29, 1.82) is 0 Å². The quantitative estimate of drug-likeness (QED) is 0.854. The average molecular weight is 304 g/mol. The molecule has 6 nitrogen and oxygen atoms in total. The number of aliphatic hydroxyl groups is 1. The molecule has 2 atom stereocenters. The standard InChI is InChI=1S/C16H24N4O2/c1-5-12(2)16(3,22)11-17-14(21)13-10-18-19(4)15(13)20-8-6-7-9-20/h6-10,12,22H,5,11H2,1-4H3,(H,17,21). The zero-order chi connectivity index (χ0) is 16.3. The van der Waals surface area contributed by atoms with Crippen molar-refractivity contribution in [1.82, 2.24) is 19.7 Å². The van der Waals surface area contributed by atoms with Crippen molar-refractivity contribution in [3.63, 3.8) is 0 Å². The SMILES string of the molecule is CCC(C)C(C)(O)CNC(=O)c1cnn(C)c1-n1cccc1. The zero-order valence-corrected chi connectivity index (χ0v) is 13.6. The van der Waals surface area contributed by atoms with Crippen molar-refractivity contribution in [3.05, 3.63) is 36.3 Å². The lowest BCUT2D eigenvalue weighted by Gasteiger charge is -2.29. The van der Waals surface area contributed by atoms with Crippen LogP contribution in [-0.2, 0) is 7.05 Å². The molecule has 120 valence electrons. The highest BCUT2D eigenvalue weighted by molar-refractivity contribution is 5.97. The first kappa shape index (κ1) is 16.3. The predicted octanol–water partition coefficient (Wildman–Crippen LogP) is 1.74. The molecule has 0 fully saturated rings. The second kappa shape index (κ2) is 6.36. The largest absolute Gasteiger partial charge is 0.388 e. The summed E-state index contributed by atoms with van der Waals surface area (Å²) >= 11 is 0. The van der Waals surface area contributed by atoms with Crippen LogP contribution >= 0.6 is 0 Å². The molecule has 22 heavy (non-hydrogen) atoms. The molecule has 0 radical (unpaired) electrons. The number of aromatic nitrogens is 3. The van der Waals surface area contributed by atoms with Gasteiger partial charge in [0, 0.05) is 26.0 Å². The number of carbonyl (C=O) groups is 1. The van der Waals surface area contributed by atoms with Gasteiger partial charge in [0.2, 0.25) is 0 Å². The van der Waals surface area contributed by atoms with Crippen LogP contribution in [0.3, 0.4) is 0 Å². The first-order chi connectivity index (χ1) is 10.4. The minimum Gasteiger partial charge on any atom is -0.388 e. The van der Waals surface area contributed by atoms with E-state index in [1.165, 1.54) is 0 Å². The number of carbonyl (C=O) groups excluding carboxylic acids is 1. The molecule has 0 spiro atoms. The van der Waals surface area contributed by atoms with Gasteiger partial charge in [0.25, 0.3) is 5.91 Å². The Hall–Kier alpha value is -2.08. The smallest absolute Gasteiger partial charge is 0.256 e. The summed E-state index contributed by atoms with van der Waals surface area (Å²) in [5.74, 6) is 0.566. The van der Waals surface area contributed by atoms with Crippen molar-refractivity contribution in [2.75, 3.05) is 6.54 Å². The minimum absolute atomic E-state index is 0.102. The van der Waals surface area contributed by atoms with Crippen molar-refractivity contribution >= 4 is 5.91 Å². The van der Waals surface area contributed by atoms with Crippen LogP contribution in [0.25, 0.3) is 5.82 Å². The molecule has 6 heteroatoms.